The lowest BCUT2D eigenvalue weighted by Crippen LogP contribution is -2.01. The van der Waals surface area contributed by atoms with Crippen molar-refractivity contribution in [2.24, 2.45) is 0 Å². The van der Waals surface area contributed by atoms with Gasteiger partial charge >= 0.3 is 0 Å². The Labute approximate surface area is 138 Å². The lowest BCUT2D eigenvalue weighted by Gasteiger charge is -2.12. The molecule has 2 nitrogen and oxygen atoms in total. The summed E-state index contributed by atoms with van der Waals surface area (Å²) >= 11 is 12.0. The molecule has 120 valence electrons. The van der Waals surface area contributed by atoms with Crippen molar-refractivity contribution in [3.05, 3.63) is 27.7 Å². The summed E-state index contributed by atoms with van der Waals surface area (Å²) in [5, 5.41) is 10.3. The molecular formula is C17H26Cl2O2. The van der Waals surface area contributed by atoms with Crippen molar-refractivity contribution < 1.29 is 9.84 Å². The second-order valence-corrected chi connectivity index (χ2v) is 6.20. The Morgan fingerprint density at radius 3 is 2.19 bits per heavy atom. The van der Waals surface area contributed by atoms with E-state index >= 15 is 0 Å². The van der Waals surface area contributed by atoms with Gasteiger partial charge in [-0.1, -0.05) is 75.1 Å². The lowest BCUT2D eigenvalue weighted by atomic mass is 10.1. The fourth-order valence-corrected chi connectivity index (χ4v) is 2.89. The summed E-state index contributed by atoms with van der Waals surface area (Å²) < 4.78 is 5.71. The molecule has 0 bridgehead atoms. The number of aliphatic hydroxyl groups is 1. The summed E-state index contributed by atoms with van der Waals surface area (Å²) in [6.07, 6.45) is 10.1. The summed E-state index contributed by atoms with van der Waals surface area (Å²) in [5.41, 5.74) is 0.645. The van der Waals surface area contributed by atoms with Gasteiger partial charge in [0.25, 0.3) is 0 Å². The standard InChI is InChI=1S/C17H26Cl2O2/c1-2-3-4-5-6-7-8-9-10-21-17-14(13-20)11-15(18)12-16(17)19/h11-12,20H,2-10,13H2,1H3. The molecule has 0 radical (unpaired) electrons. The third-order valence-corrected chi connectivity index (χ3v) is 4.00. The summed E-state index contributed by atoms with van der Waals surface area (Å²) in [6, 6.07) is 3.34. The fraction of sp³-hybridized carbons (Fsp3) is 0.647. The van der Waals surface area contributed by atoms with Gasteiger partial charge in [-0.15, -0.1) is 0 Å². The minimum absolute atomic E-state index is 0.118. The monoisotopic (exact) mass is 332 g/mol. The van der Waals surface area contributed by atoms with Crippen molar-refractivity contribution in [3.8, 4) is 5.75 Å². The van der Waals surface area contributed by atoms with Crippen molar-refractivity contribution >= 4 is 23.2 Å². The Morgan fingerprint density at radius 1 is 0.952 bits per heavy atom. The van der Waals surface area contributed by atoms with Crippen molar-refractivity contribution in [1.29, 1.82) is 0 Å². The molecule has 0 amide bonds. The van der Waals surface area contributed by atoms with E-state index in [0.29, 0.717) is 28.0 Å². The second-order valence-electron chi connectivity index (χ2n) is 5.36. The number of ether oxygens (including phenoxy) is 1. The van der Waals surface area contributed by atoms with E-state index < -0.39 is 0 Å². The molecule has 1 rings (SSSR count). The fourth-order valence-electron chi connectivity index (χ4n) is 2.30. The Bertz CT molecular complexity index is 408. The van der Waals surface area contributed by atoms with Crippen molar-refractivity contribution in [1.82, 2.24) is 0 Å². The third-order valence-electron chi connectivity index (χ3n) is 3.50. The molecule has 0 unspecified atom stereocenters. The van der Waals surface area contributed by atoms with Crippen LogP contribution in [0, 0.1) is 0 Å². The summed E-state index contributed by atoms with van der Waals surface area (Å²) in [4.78, 5) is 0. The van der Waals surface area contributed by atoms with Crippen LogP contribution in [0.25, 0.3) is 0 Å². The molecule has 0 aromatic heterocycles. The van der Waals surface area contributed by atoms with Crippen LogP contribution in [0.3, 0.4) is 0 Å². The zero-order valence-corrected chi connectivity index (χ0v) is 14.3. The zero-order valence-electron chi connectivity index (χ0n) is 12.8. The van der Waals surface area contributed by atoms with E-state index in [1.807, 2.05) is 0 Å². The van der Waals surface area contributed by atoms with Crippen LogP contribution in [0.15, 0.2) is 12.1 Å². The maximum absolute atomic E-state index is 9.31. The molecule has 0 atom stereocenters. The first-order valence-electron chi connectivity index (χ1n) is 7.90. The molecule has 1 aromatic carbocycles. The molecule has 1 aromatic rings. The van der Waals surface area contributed by atoms with Crippen molar-refractivity contribution in [2.45, 2.75) is 64.9 Å². The molecule has 0 fully saturated rings. The van der Waals surface area contributed by atoms with Crippen LogP contribution in [-0.2, 0) is 6.61 Å². The van der Waals surface area contributed by atoms with Crippen molar-refractivity contribution in [2.75, 3.05) is 6.61 Å². The van der Waals surface area contributed by atoms with Crippen LogP contribution >= 0.6 is 23.2 Å². The van der Waals surface area contributed by atoms with Gasteiger partial charge in [0.1, 0.15) is 5.75 Å². The van der Waals surface area contributed by atoms with E-state index in [4.69, 9.17) is 27.9 Å². The summed E-state index contributed by atoms with van der Waals surface area (Å²) in [7, 11) is 0. The van der Waals surface area contributed by atoms with Gasteiger partial charge in [0.05, 0.1) is 18.2 Å². The molecule has 0 saturated heterocycles. The molecule has 0 aliphatic carbocycles. The van der Waals surface area contributed by atoms with Crippen LogP contribution in [0.4, 0.5) is 0 Å². The predicted octanol–water partition coefficient (Wildman–Crippen LogP) is 6.01. The minimum Gasteiger partial charge on any atom is -0.492 e. The number of benzene rings is 1. The van der Waals surface area contributed by atoms with E-state index in [2.05, 4.69) is 6.92 Å². The number of hydrogen-bond donors (Lipinski definition) is 1. The third kappa shape index (κ3) is 7.39. The maximum Gasteiger partial charge on any atom is 0.143 e. The van der Waals surface area contributed by atoms with Gasteiger partial charge in [-0.2, -0.15) is 0 Å². The van der Waals surface area contributed by atoms with Crippen LogP contribution in [-0.4, -0.2) is 11.7 Å². The molecule has 4 heteroatoms. The Balaban J connectivity index is 2.21. The van der Waals surface area contributed by atoms with Crippen LogP contribution in [0.2, 0.25) is 10.0 Å². The quantitative estimate of drug-likeness (QED) is 0.503. The second kappa shape index (κ2) is 11.2. The number of hydrogen-bond acceptors (Lipinski definition) is 2. The van der Waals surface area contributed by atoms with E-state index in [0.717, 1.165) is 6.42 Å². The molecule has 21 heavy (non-hydrogen) atoms. The highest BCUT2D eigenvalue weighted by Crippen LogP contribution is 2.32. The van der Waals surface area contributed by atoms with E-state index in [-0.39, 0.29) is 6.61 Å². The van der Waals surface area contributed by atoms with Crippen LogP contribution in [0.5, 0.6) is 5.75 Å². The van der Waals surface area contributed by atoms with Gasteiger partial charge in [0.15, 0.2) is 0 Å². The first kappa shape index (κ1) is 18.6. The molecule has 0 saturated carbocycles. The number of rotatable bonds is 11. The van der Waals surface area contributed by atoms with Gasteiger partial charge in [0, 0.05) is 10.6 Å². The topological polar surface area (TPSA) is 29.5 Å². The number of unbranched alkanes of at least 4 members (excludes halogenated alkanes) is 7. The summed E-state index contributed by atoms with van der Waals surface area (Å²) in [5.74, 6) is 0.562. The first-order valence-corrected chi connectivity index (χ1v) is 8.66. The van der Waals surface area contributed by atoms with Gasteiger partial charge < -0.3 is 9.84 Å². The average Bonchev–Trinajstić information content (AvgIpc) is 2.46. The van der Waals surface area contributed by atoms with E-state index in [1.165, 1.54) is 44.9 Å². The maximum atomic E-state index is 9.31. The normalized spacial score (nSPS) is 10.9. The minimum atomic E-state index is -0.118. The largest absolute Gasteiger partial charge is 0.492 e. The Kier molecular flexibility index (Phi) is 9.90. The molecule has 0 aliphatic rings. The van der Waals surface area contributed by atoms with Gasteiger partial charge in [-0.05, 0) is 18.6 Å². The zero-order chi connectivity index (χ0) is 15.5. The average molecular weight is 333 g/mol. The van der Waals surface area contributed by atoms with Crippen LogP contribution in [0.1, 0.15) is 63.9 Å². The Hall–Kier alpha value is -0.440. The smallest absolute Gasteiger partial charge is 0.143 e. The van der Waals surface area contributed by atoms with Gasteiger partial charge in [0.2, 0.25) is 0 Å². The highest BCUT2D eigenvalue weighted by molar-refractivity contribution is 6.35. The van der Waals surface area contributed by atoms with Crippen molar-refractivity contribution in [3.63, 3.8) is 0 Å². The van der Waals surface area contributed by atoms with Gasteiger partial charge in [-0.3, -0.25) is 0 Å². The highest BCUT2D eigenvalue weighted by Gasteiger charge is 2.09. The Morgan fingerprint density at radius 2 is 1.57 bits per heavy atom. The molecular weight excluding hydrogens is 307 g/mol. The lowest BCUT2D eigenvalue weighted by molar-refractivity contribution is 0.260. The predicted molar refractivity (Wildman–Crippen MR) is 90.5 cm³/mol. The van der Waals surface area contributed by atoms with E-state index in [9.17, 15) is 5.11 Å². The number of halogens is 2. The molecule has 0 spiro atoms. The van der Waals surface area contributed by atoms with E-state index in [1.54, 1.807) is 12.1 Å². The SMILES string of the molecule is CCCCCCCCCCOc1c(Cl)cc(Cl)cc1CO. The first-order chi connectivity index (χ1) is 10.2. The summed E-state index contributed by atoms with van der Waals surface area (Å²) in [6.45, 7) is 2.75. The van der Waals surface area contributed by atoms with Crippen LogP contribution < -0.4 is 4.74 Å². The molecule has 0 heterocycles. The number of aliphatic hydroxyl groups excluding tert-OH is 1. The molecule has 1 N–H and O–H groups in total. The molecule has 0 aliphatic heterocycles. The van der Waals surface area contributed by atoms with Gasteiger partial charge in [-0.25, -0.2) is 0 Å². The highest BCUT2D eigenvalue weighted by atomic mass is 35.5.